The van der Waals surface area contributed by atoms with Gasteiger partial charge in [-0.05, 0) is 25.1 Å². The molecule has 1 amide bonds. The third kappa shape index (κ3) is 3.41. The van der Waals surface area contributed by atoms with E-state index >= 15 is 0 Å². The van der Waals surface area contributed by atoms with Crippen LogP contribution in [0.5, 0.6) is 0 Å². The number of pyridine rings is 1. The Balaban J connectivity index is 1.53. The molecule has 29 heavy (non-hydrogen) atoms. The average molecular weight is 397 g/mol. The molecule has 4 rings (SSSR count). The monoisotopic (exact) mass is 397 g/mol. The van der Waals surface area contributed by atoms with Crippen LogP contribution in [-0.4, -0.2) is 28.2 Å². The van der Waals surface area contributed by atoms with Crippen molar-refractivity contribution in [3.8, 4) is 0 Å². The van der Waals surface area contributed by atoms with Crippen molar-refractivity contribution in [2.24, 2.45) is 11.8 Å². The highest BCUT2D eigenvalue weighted by Gasteiger charge is 2.50. The van der Waals surface area contributed by atoms with Crippen molar-refractivity contribution in [3.05, 3.63) is 75.5 Å². The summed E-state index contributed by atoms with van der Waals surface area (Å²) >= 11 is 0. The molecular formula is C22H24FN3O3. The number of benzene rings is 1. The van der Waals surface area contributed by atoms with E-state index in [0.717, 1.165) is 5.69 Å². The number of allylic oxidation sites excluding steroid dienone is 1. The van der Waals surface area contributed by atoms with Crippen LogP contribution in [-0.2, 0) is 17.9 Å². The topological polar surface area (TPSA) is 83.4 Å². The molecular weight excluding hydrogens is 373 g/mol. The second-order valence-electron chi connectivity index (χ2n) is 7.57. The van der Waals surface area contributed by atoms with Gasteiger partial charge in [-0.2, -0.15) is 0 Å². The first kappa shape index (κ1) is 19.5. The van der Waals surface area contributed by atoms with Crippen LogP contribution in [0.25, 0.3) is 6.08 Å². The van der Waals surface area contributed by atoms with Crippen molar-refractivity contribution in [2.75, 3.05) is 6.61 Å². The highest BCUT2D eigenvalue weighted by molar-refractivity contribution is 5.82. The Kier molecular flexibility index (Phi) is 5.34. The molecule has 2 aliphatic rings. The minimum atomic E-state index is -0.596. The van der Waals surface area contributed by atoms with Gasteiger partial charge in [-0.3, -0.25) is 14.9 Å². The van der Waals surface area contributed by atoms with Crippen LogP contribution >= 0.6 is 0 Å². The summed E-state index contributed by atoms with van der Waals surface area (Å²) in [5.41, 5.74) is 1.80. The quantitative estimate of drug-likeness (QED) is 0.716. The number of rotatable bonds is 5. The average Bonchev–Trinajstić information content (AvgIpc) is 3.26. The maximum atomic E-state index is 13.8. The lowest BCUT2D eigenvalue weighted by atomic mass is 9.88. The summed E-state index contributed by atoms with van der Waals surface area (Å²) in [7, 11) is 0. The number of nitrogens with zero attached hydrogens (tertiary/aromatic N) is 1. The number of carbonyl (C=O) groups is 1. The fourth-order valence-corrected chi connectivity index (χ4v) is 4.51. The van der Waals surface area contributed by atoms with E-state index in [4.69, 9.17) is 0 Å². The molecule has 1 aromatic carbocycles. The summed E-state index contributed by atoms with van der Waals surface area (Å²) in [4.78, 5) is 25.5. The Labute approximate surface area is 168 Å². The van der Waals surface area contributed by atoms with Crippen LogP contribution in [0.15, 0.2) is 47.3 Å². The number of aromatic nitrogens is 1. The lowest BCUT2D eigenvalue weighted by Gasteiger charge is -2.21. The molecule has 6 nitrogen and oxygen atoms in total. The minimum Gasteiger partial charge on any atom is -0.396 e. The van der Waals surface area contributed by atoms with Gasteiger partial charge < -0.3 is 15.0 Å². The molecule has 3 N–H and O–H groups in total. The Bertz CT molecular complexity index is 1020. The van der Waals surface area contributed by atoms with Gasteiger partial charge in [0.15, 0.2) is 0 Å². The zero-order valence-electron chi connectivity index (χ0n) is 16.1. The molecule has 0 aliphatic carbocycles. The minimum absolute atomic E-state index is 0.0576. The van der Waals surface area contributed by atoms with Crippen molar-refractivity contribution in [2.45, 2.75) is 32.1 Å². The molecule has 0 saturated carbocycles. The van der Waals surface area contributed by atoms with Gasteiger partial charge in [-0.15, -0.1) is 0 Å². The molecule has 3 heterocycles. The van der Waals surface area contributed by atoms with Gasteiger partial charge in [-0.25, -0.2) is 4.39 Å². The van der Waals surface area contributed by atoms with E-state index in [-0.39, 0.29) is 48.3 Å². The van der Waals surface area contributed by atoms with Gasteiger partial charge in [0, 0.05) is 48.4 Å². The third-order valence-electron chi connectivity index (χ3n) is 5.97. The largest absolute Gasteiger partial charge is 0.396 e. The second-order valence-corrected chi connectivity index (χ2v) is 7.57. The van der Waals surface area contributed by atoms with Gasteiger partial charge in [-0.1, -0.05) is 30.4 Å². The first-order valence-electron chi connectivity index (χ1n) is 9.79. The van der Waals surface area contributed by atoms with Gasteiger partial charge in [0.2, 0.25) is 5.91 Å². The van der Waals surface area contributed by atoms with E-state index in [1.165, 1.54) is 6.07 Å². The van der Waals surface area contributed by atoms with E-state index < -0.39 is 6.04 Å². The molecule has 4 atom stereocenters. The molecule has 0 spiro atoms. The number of halogens is 1. The van der Waals surface area contributed by atoms with Crippen LogP contribution in [0.2, 0.25) is 0 Å². The number of hydrogen-bond donors (Lipinski definition) is 3. The Morgan fingerprint density at radius 1 is 1.34 bits per heavy atom. The van der Waals surface area contributed by atoms with E-state index in [1.807, 2.05) is 19.1 Å². The van der Waals surface area contributed by atoms with Crippen molar-refractivity contribution in [3.63, 3.8) is 0 Å². The maximum Gasteiger partial charge on any atom is 0.258 e. The number of aliphatic hydroxyl groups is 1. The fourth-order valence-electron chi connectivity index (χ4n) is 4.51. The van der Waals surface area contributed by atoms with E-state index in [9.17, 15) is 19.1 Å². The Hall–Kier alpha value is -2.77. The summed E-state index contributed by atoms with van der Waals surface area (Å²) < 4.78 is 15.5. The SMILES string of the molecule is C/C=C\c1ccc2n(c1=O)C[C@H]1[C@H](CO)[C@@H](C(=O)NCc3ccccc3F)N[C@@H]21. The fraction of sp³-hybridized carbons (Fsp3) is 0.364. The lowest BCUT2D eigenvalue weighted by molar-refractivity contribution is -0.124. The lowest BCUT2D eigenvalue weighted by Crippen LogP contribution is -2.46. The normalized spacial score (nSPS) is 25.2. The third-order valence-corrected chi connectivity index (χ3v) is 5.97. The number of aliphatic hydroxyl groups excluding tert-OH is 1. The number of carbonyl (C=O) groups excluding carboxylic acids is 1. The summed E-state index contributed by atoms with van der Waals surface area (Å²) in [6.45, 7) is 2.23. The van der Waals surface area contributed by atoms with Crippen LogP contribution in [0.1, 0.15) is 29.8 Å². The van der Waals surface area contributed by atoms with E-state index in [2.05, 4.69) is 10.6 Å². The highest BCUT2D eigenvalue weighted by Crippen LogP contribution is 2.42. The summed E-state index contributed by atoms with van der Waals surface area (Å²) in [6.07, 6.45) is 3.60. The Morgan fingerprint density at radius 3 is 2.86 bits per heavy atom. The molecule has 1 fully saturated rings. The number of hydrogen-bond acceptors (Lipinski definition) is 4. The number of amides is 1. The van der Waals surface area contributed by atoms with Crippen molar-refractivity contribution in [1.29, 1.82) is 0 Å². The molecule has 1 saturated heterocycles. The first-order valence-corrected chi connectivity index (χ1v) is 9.79. The molecule has 0 bridgehead atoms. The standard InChI is InChI=1S/C22H24FN3O3/c1-2-5-13-8-9-18-19-15(11-26(18)22(13)29)16(12-27)20(25-19)21(28)24-10-14-6-3-4-7-17(14)23/h2-9,15-16,19-20,25,27H,10-12H2,1H3,(H,24,28)/b5-2-/t15-,16-,19+,20-/m0/s1. The zero-order chi connectivity index (χ0) is 20.5. The van der Waals surface area contributed by atoms with E-state index in [1.54, 1.807) is 34.9 Å². The zero-order valence-corrected chi connectivity index (χ0v) is 16.1. The molecule has 0 radical (unpaired) electrons. The highest BCUT2D eigenvalue weighted by atomic mass is 19.1. The molecule has 152 valence electrons. The summed E-state index contributed by atoms with van der Waals surface area (Å²) in [6, 6.07) is 9.22. The summed E-state index contributed by atoms with van der Waals surface area (Å²) in [5, 5.41) is 16.0. The van der Waals surface area contributed by atoms with Gasteiger partial charge in [0.25, 0.3) is 5.56 Å². The molecule has 0 unspecified atom stereocenters. The number of fused-ring (bicyclic) bond motifs is 3. The summed E-state index contributed by atoms with van der Waals surface area (Å²) in [5.74, 6) is -1.03. The van der Waals surface area contributed by atoms with Gasteiger partial charge in [0.05, 0.1) is 12.1 Å². The molecule has 1 aromatic heterocycles. The van der Waals surface area contributed by atoms with Crippen LogP contribution in [0, 0.1) is 17.7 Å². The van der Waals surface area contributed by atoms with Crippen LogP contribution in [0.3, 0.4) is 0 Å². The van der Waals surface area contributed by atoms with Crippen LogP contribution < -0.4 is 16.2 Å². The van der Waals surface area contributed by atoms with Gasteiger partial charge in [0.1, 0.15) is 5.82 Å². The smallest absolute Gasteiger partial charge is 0.258 e. The van der Waals surface area contributed by atoms with Gasteiger partial charge >= 0.3 is 0 Å². The van der Waals surface area contributed by atoms with Crippen LogP contribution in [0.4, 0.5) is 4.39 Å². The van der Waals surface area contributed by atoms with Crippen molar-refractivity contribution >= 4 is 12.0 Å². The van der Waals surface area contributed by atoms with E-state index in [0.29, 0.717) is 17.7 Å². The molecule has 7 heteroatoms. The maximum absolute atomic E-state index is 13.8. The molecule has 2 aliphatic heterocycles. The molecule has 2 aromatic rings. The Morgan fingerprint density at radius 2 is 2.14 bits per heavy atom. The predicted molar refractivity (Wildman–Crippen MR) is 107 cm³/mol. The van der Waals surface area contributed by atoms with Crippen molar-refractivity contribution in [1.82, 2.24) is 15.2 Å². The first-order chi connectivity index (χ1) is 14.0. The van der Waals surface area contributed by atoms with Crippen molar-refractivity contribution < 1.29 is 14.3 Å². The predicted octanol–water partition coefficient (Wildman–Crippen LogP) is 1.59. The number of nitrogens with one attached hydrogen (secondary N) is 2. The second kappa shape index (κ2) is 7.93.